The highest BCUT2D eigenvalue weighted by molar-refractivity contribution is 7.85. The number of aryl methyl sites for hydroxylation is 2. The summed E-state index contributed by atoms with van der Waals surface area (Å²) in [6.45, 7) is 6.02. The highest BCUT2D eigenvalue weighted by atomic mass is 32.2. The molecule has 1 aliphatic rings. The standard InChI is InChI=1S/C29H52NO4S.C7H8O3S/c1-2-3-4-5-6-7-8-9-10-11-12-13-17-20-29-33-25-27(34-29)24-32-28(31)19-16-14-15-18-21-30-22-23-35-26-30;1-6-2-4-7(5-3-6)11(8,9)10/h22-23,26-27,29H,2-21,24-25H2,1H3;2-5H,1H3,(H,8,9,10)/q+1;/p-1/t27-,29-;/m1./s1. The van der Waals surface area contributed by atoms with Crippen LogP contribution in [0.15, 0.2) is 46.2 Å². The van der Waals surface area contributed by atoms with Gasteiger partial charge in [-0.05, 0) is 44.7 Å². The van der Waals surface area contributed by atoms with Gasteiger partial charge in [0.25, 0.3) is 0 Å². The molecule has 0 bridgehead atoms. The SMILES string of the molecule is CCCCCCCCCCCCCCC[C@@H]1OC[C@@H](COC(=O)CCCCCC[n+]2ccsc2)O1.Cc1ccc(S(=O)(=O)[O-])cc1. The van der Waals surface area contributed by atoms with Crippen LogP contribution in [0.25, 0.3) is 0 Å². The summed E-state index contributed by atoms with van der Waals surface area (Å²) in [6.07, 6.45) is 25.3. The van der Waals surface area contributed by atoms with Crippen LogP contribution in [0.1, 0.15) is 134 Å². The van der Waals surface area contributed by atoms with Crippen LogP contribution >= 0.6 is 11.3 Å². The Balaban J connectivity index is 0.000000562. The Kier molecular flexibility index (Phi) is 22.1. The third-order valence-corrected chi connectivity index (χ3v) is 9.69. The molecule has 1 fully saturated rings. The average molecular weight is 682 g/mol. The molecule has 46 heavy (non-hydrogen) atoms. The number of hydrogen-bond donors (Lipinski definition) is 0. The van der Waals surface area contributed by atoms with E-state index >= 15 is 0 Å². The number of rotatable bonds is 24. The molecule has 0 unspecified atom stereocenters. The van der Waals surface area contributed by atoms with Gasteiger partial charge in [-0.15, -0.1) is 0 Å². The van der Waals surface area contributed by atoms with E-state index in [1.54, 1.807) is 23.5 Å². The summed E-state index contributed by atoms with van der Waals surface area (Å²) in [5, 5.41) is 2.09. The summed E-state index contributed by atoms with van der Waals surface area (Å²) in [6, 6.07) is 5.78. The molecular formula is C36H59NO7S2. The summed E-state index contributed by atoms with van der Waals surface area (Å²) in [4.78, 5) is 11.8. The first kappa shape index (κ1) is 40.3. The lowest BCUT2D eigenvalue weighted by Crippen LogP contribution is -2.29. The second kappa shape index (κ2) is 25.2. The smallest absolute Gasteiger partial charge is 0.305 e. The molecule has 1 aromatic carbocycles. The fraction of sp³-hybridized carbons (Fsp3) is 0.722. The second-order valence-corrected chi connectivity index (χ2v) is 14.6. The number of benzene rings is 1. The van der Waals surface area contributed by atoms with Crippen molar-refractivity contribution in [2.75, 3.05) is 13.2 Å². The monoisotopic (exact) mass is 681 g/mol. The van der Waals surface area contributed by atoms with Gasteiger partial charge < -0.3 is 18.8 Å². The molecule has 262 valence electrons. The van der Waals surface area contributed by atoms with Gasteiger partial charge in [-0.25, -0.2) is 8.42 Å². The molecule has 0 amide bonds. The fourth-order valence-corrected chi connectivity index (χ4v) is 6.44. The van der Waals surface area contributed by atoms with Crippen LogP contribution in [0.2, 0.25) is 0 Å². The minimum atomic E-state index is -4.27. The molecule has 0 spiro atoms. The molecule has 1 aliphatic heterocycles. The Morgan fingerprint density at radius 2 is 1.48 bits per heavy atom. The Morgan fingerprint density at radius 3 is 2.07 bits per heavy atom. The van der Waals surface area contributed by atoms with E-state index in [4.69, 9.17) is 14.2 Å². The lowest BCUT2D eigenvalue weighted by Gasteiger charge is -2.12. The Hall–Kier alpha value is -1.85. The molecule has 2 atom stereocenters. The fourth-order valence-electron chi connectivity index (χ4n) is 5.34. The molecule has 0 N–H and O–H groups in total. The van der Waals surface area contributed by atoms with Crippen molar-refractivity contribution in [3.05, 3.63) is 46.9 Å². The Morgan fingerprint density at radius 1 is 0.891 bits per heavy atom. The number of nitrogens with zero attached hydrogens (tertiary/aromatic N) is 1. The van der Waals surface area contributed by atoms with Crippen LogP contribution in [0.5, 0.6) is 0 Å². The van der Waals surface area contributed by atoms with Gasteiger partial charge in [-0.3, -0.25) is 4.79 Å². The first-order valence-corrected chi connectivity index (χ1v) is 20.0. The predicted octanol–water partition coefficient (Wildman–Crippen LogP) is 8.65. The molecule has 0 radical (unpaired) electrons. The Labute approximate surface area is 283 Å². The summed E-state index contributed by atoms with van der Waals surface area (Å²) in [7, 11) is -4.27. The zero-order valence-corrected chi connectivity index (χ0v) is 30.0. The van der Waals surface area contributed by atoms with Crippen LogP contribution in [0.3, 0.4) is 0 Å². The van der Waals surface area contributed by atoms with Crippen molar-refractivity contribution >= 4 is 27.4 Å². The molecule has 1 aromatic heterocycles. The lowest BCUT2D eigenvalue weighted by molar-refractivity contribution is -0.692. The van der Waals surface area contributed by atoms with Crippen molar-refractivity contribution in [2.45, 2.75) is 160 Å². The molecule has 10 heteroatoms. The third-order valence-electron chi connectivity index (χ3n) is 8.17. The first-order valence-electron chi connectivity index (χ1n) is 17.6. The molecule has 0 aliphatic carbocycles. The van der Waals surface area contributed by atoms with E-state index in [2.05, 4.69) is 28.6 Å². The van der Waals surface area contributed by atoms with Crippen LogP contribution < -0.4 is 4.57 Å². The number of ether oxygens (including phenoxy) is 3. The van der Waals surface area contributed by atoms with Gasteiger partial charge in [-0.2, -0.15) is 4.57 Å². The Bertz CT molecular complexity index is 1120. The van der Waals surface area contributed by atoms with Crippen LogP contribution in [-0.2, 0) is 35.7 Å². The molecular weight excluding hydrogens is 623 g/mol. The topological polar surface area (TPSA) is 106 Å². The molecule has 2 aromatic rings. The van der Waals surface area contributed by atoms with Crippen molar-refractivity contribution in [1.29, 1.82) is 0 Å². The molecule has 0 saturated carbocycles. The van der Waals surface area contributed by atoms with Gasteiger partial charge in [0.05, 0.1) is 16.9 Å². The predicted molar refractivity (Wildman–Crippen MR) is 183 cm³/mol. The van der Waals surface area contributed by atoms with Crippen LogP contribution in [0.4, 0.5) is 0 Å². The minimum Gasteiger partial charge on any atom is -0.744 e. The third kappa shape index (κ3) is 20.4. The summed E-state index contributed by atoms with van der Waals surface area (Å²) >= 11 is 1.72. The molecule has 2 heterocycles. The molecule has 1 saturated heterocycles. The number of thiazole rings is 1. The van der Waals surface area contributed by atoms with Gasteiger partial charge in [0, 0.05) is 12.8 Å². The number of hydrogen-bond acceptors (Lipinski definition) is 8. The van der Waals surface area contributed by atoms with Crippen molar-refractivity contribution in [3.8, 4) is 0 Å². The van der Waals surface area contributed by atoms with Gasteiger partial charge in [0.15, 0.2) is 12.5 Å². The lowest BCUT2D eigenvalue weighted by atomic mass is 10.0. The summed E-state index contributed by atoms with van der Waals surface area (Å²) < 4.78 is 50.5. The van der Waals surface area contributed by atoms with Gasteiger partial charge in [0.2, 0.25) is 5.51 Å². The number of carbonyl (C=O) groups is 1. The normalized spacial score (nSPS) is 16.2. The van der Waals surface area contributed by atoms with Crippen molar-refractivity contribution < 1.29 is 36.5 Å². The van der Waals surface area contributed by atoms with E-state index < -0.39 is 10.1 Å². The highest BCUT2D eigenvalue weighted by Gasteiger charge is 2.26. The number of carbonyl (C=O) groups excluding carboxylic acids is 1. The zero-order valence-electron chi connectivity index (χ0n) is 28.4. The van der Waals surface area contributed by atoms with Crippen molar-refractivity contribution in [2.24, 2.45) is 0 Å². The first-order chi connectivity index (χ1) is 22.3. The second-order valence-electron chi connectivity index (χ2n) is 12.4. The molecule has 8 nitrogen and oxygen atoms in total. The number of aromatic nitrogens is 1. The number of unbranched alkanes of at least 4 members (excludes halogenated alkanes) is 15. The van der Waals surface area contributed by atoms with E-state index in [0.717, 1.165) is 50.6 Å². The maximum atomic E-state index is 12.0. The summed E-state index contributed by atoms with van der Waals surface area (Å²) in [5.41, 5.74) is 3.06. The van der Waals surface area contributed by atoms with Gasteiger partial charge in [0.1, 0.15) is 29.4 Å². The van der Waals surface area contributed by atoms with E-state index in [1.165, 1.54) is 89.2 Å². The quantitative estimate of drug-likeness (QED) is 0.0473. The zero-order chi connectivity index (χ0) is 33.3. The van der Waals surface area contributed by atoms with E-state index in [9.17, 15) is 17.8 Å². The minimum absolute atomic E-state index is 0.103. The van der Waals surface area contributed by atoms with Gasteiger partial charge in [-0.1, -0.05) is 119 Å². The number of esters is 1. The summed E-state index contributed by atoms with van der Waals surface area (Å²) in [5.74, 6) is -0.110. The highest BCUT2D eigenvalue weighted by Crippen LogP contribution is 2.19. The van der Waals surface area contributed by atoms with E-state index in [1.807, 2.05) is 6.92 Å². The van der Waals surface area contributed by atoms with Crippen molar-refractivity contribution in [1.82, 2.24) is 0 Å². The van der Waals surface area contributed by atoms with Crippen LogP contribution in [-0.4, -0.2) is 44.5 Å². The molecule has 3 rings (SSSR count). The largest absolute Gasteiger partial charge is 0.744 e. The van der Waals surface area contributed by atoms with Gasteiger partial charge >= 0.3 is 5.97 Å². The average Bonchev–Trinajstić information content (AvgIpc) is 3.73. The van der Waals surface area contributed by atoms with Crippen LogP contribution in [0, 0.1) is 6.92 Å². The van der Waals surface area contributed by atoms with E-state index in [-0.39, 0.29) is 23.3 Å². The maximum absolute atomic E-state index is 12.0. The van der Waals surface area contributed by atoms with E-state index in [0.29, 0.717) is 19.6 Å². The maximum Gasteiger partial charge on any atom is 0.305 e. The van der Waals surface area contributed by atoms with Crippen molar-refractivity contribution in [3.63, 3.8) is 0 Å².